The molecule has 0 aliphatic rings. The number of hydrogen-bond donors (Lipinski definition) is 1. The van der Waals surface area contributed by atoms with Crippen molar-refractivity contribution in [2.24, 2.45) is 5.10 Å². The highest BCUT2D eigenvalue weighted by Gasteiger charge is 2.01. The molecule has 0 aromatic heterocycles. The minimum Gasteiger partial charge on any atom is -0.273 e. The van der Waals surface area contributed by atoms with Gasteiger partial charge in [0.2, 0.25) is 5.91 Å². The molecule has 3 nitrogen and oxygen atoms in total. The lowest BCUT2D eigenvalue weighted by atomic mass is 10.2. The van der Waals surface area contributed by atoms with Crippen molar-refractivity contribution in [2.75, 3.05) is 5.75 Å². The Hall–Kier alpha value is -1.30. The number of hydrazone groups is 1. The SMILES string of the molecule is O=C(CCSc1ccc(Cl)cc1)N/N=C\c1ccccc1Br. The first-order chi connectivity index (χ1) is 10.6. The van der Waals surface area contributed by atoms with Crippen LogP contribution in [0.1, 0.15) is 12.0 Å². The molecule has 0 spiro atoms. The summed E-state index contributed by atoms with van der Waals surface area (Å²) in [5.74, 6) is 0.586. The van der Waals surface area contributed by atoms with Gasteiger partial charge in [0, 0.05) is 32.1 Å². The number of nitrogens with one attached hydrogen (secondary N) is 1. The predicted molar refractivity (Wildman–Crippen MR) is 96.7 cm³/mol. The summed E-state index contributed by atoms with van der Waals surface area (Å²) in [5.41, 5.74) is 3.44. The molecule has 1 amide bonds. The molecule has 0 heterocycles. The van der Waals surface area contributed by atoms with Crippen molar-refractivity contribution in [1.82, 2.24) is 5.43 Å². The molecule has 0 aliphatic carbocycles. The second-order valence-corrected chi connectivity index (χ2v) is 6.83. The van der Waals surface area contributed by atoms with E-state index in [2.05, 4.69) is 26.5 Å². The number of thioether (sulfide) groups is 1. The van der Waals surface area contributed by atoms with Crippen LogP contribution < -0.4 is 5.43 Å². The number of benzene rings is 2. The average molecular weight is 398 g/mol. The van der Waals surface area contributed by atoms with Gasteiger partial charge in [-0.3, -0.25) is 4.79 Å². The van der Waals surface area contributed by atoms with Gasteiger partial charge in [0.1, 0.15) is 0 Å². The van der Waals surface area contributed by atoms with Crippen molar-refractivity contribution >= 4 is 51.4 Å². The number of nitrogens with zero attached hydrogens (tertiary/aromatic N) is 1. The smallest absolute Gasteiger partial charge is 0.240 e. The Bertz CT molecular complexity index is 661. The molecule has 2 aromatic rings. The fraction of sp³-hybridized carbons (Fsp3) is 0.125. The maximum atomic E-state index is 11.7. The van der Waals surface area contributed by atoms with Crippen LogP contribution in [0.5, 0.6) is 0 Å². The van der Waals surface area contributed by atoms with Crippen LogP contribution in [0.3, 0.4) is 0 Å². The number of halogens is 2. The Morgan fingerprint density at radius 3 is 2.68 bits per heavy atom. The topological polar surface area (TPSA) is 41.5 Å². The predicted octanol–water partition coefficient (Wildman–Crippen LogP) is 4.74. The molecule has 2 rings (SSSR count). The fourth-order valence-electron chi connectivity index (χ4n) is 1.60. The van der Waals surface area contributed by atoms with E-state index in [0.717, 1.165) is 14.9 Å². The second kappa shape index (κ2) is 8.98. The molecule has 6 heteroatoms. The van der Waals surface area contributed by atoms with Gasteiger partial charge >= 0.3 is 0 Å². The van der Waals surface area contributed by atoms with E-state index in [0.29, 0.717) is 17.2 Å². The minimum atomic E-state index is -0.107. The standard InChI is InChI=1S/C16H14BrClN2OS/c17-15-4-2-1-3-12(15)11-19-20-16(21)9-10-22-14-7-5-13(18)6-8-14/h1-8,11H,9-10H2,(H,20,21)/b19-11-. The molecule has 0 radical (unpaired) electrons. The summed E-state index contributed by atoms with van der Waals surface area (Å²) in [5, 5.41) is 4.67. The average Bonchev–Trinajstić information content (AvgIpc) is 2.51. The van der Waals surface area contributed by atoms with E-state index in [9.17, 15) is 4.79 Å². The van der Waals surface area contributed by atoms with Crippen LogP contribution in [0.4, 0.5) is 0 Å². The van der Waals surface area contributed by atoms with Gasteiger partial charge in [0.25, 0.3) is 0 Å². The molecule has 0 aliphatic heterocycles. The summed E-state index contributed by atoms with van der Waals surface area (Å²) in [6.45, 7) is 0. The lowest BCUT2D eigenvalue weighted by Gasteiger charge is -2.02. The molecule has 2 aromatic carbocycles. The Labute approximate surface area is 147 Å². The number of hydrogen-bond acceptors (Lipinski definition) is 3. The van der Waals surface area contributed by atoms with Crippen LogP contribution in [-0.4, -0.2) is 17.9 Å². The highest BCUT2D eigenvalue weighted by atomic mass is 79.9. The quantitative estimate of drug-likeness (QED) is 0.435. The third-order valence-electron chi connectivity index (χ3n) is 2.71. The van der Waals surface area contributed by atoms with Gasteiger partial charge in [0.15, 0.2) is 0 Å². The van der Waals surface area contributed by atoms with Crippen molar-refractivity contribution in [1.29, 1.82) is 0 Å². The molecular weight excluding hydrogens is 384 g/mol. The van der Waals surface area contributed by atoms with Crippen molar-refractivity contribution in [3.8, 4) is 0 Å². The van der Waals surface area contributed by atoms with Gasteiger partial charge in [-0.1, -0.05) is 45.7 Å². The Balaban J connectivity index is 1.72. The molecule has 0 saturated carbocycles. The van der Waals surface area contributed by atoms with E-state index in [1.54, 1.807) is 18.0 Å². The van der Waals surface area contributed by atoms with Crippen LogP contribution in [0.15, 0.2) is 63.0 Å². The van der Waals surface area contributed by atoms with Gasteiger partial charge in [-0.15, -0.1) is 11.8 Å². The van der Waals surface area contributed by atoms with Crippen molar-refractivity contribution in [3.05, 3.63) is 63.6 Å². The summed E-state index contributed by atoms with van der Waals surface area (Å²) < 4.78 is 0.936. The summed E-state index contributed by atoms with van der Waals surface area (Å²) in [6, 6.07) is 15.2. The Morgan fingerprint density at radius 1 is 1.23 bits per heavy atom. The largest absolute Gasteiger partial charge is 0.273 e. The van der Waals surface area contributed by atoms with E-state index in [-0.39, 0.29) is 5.91 Å². The number of amides is 1. The van der Waals surface area contributed by atoms with Crippen LogP contribution in [0, 0.1) is 0 Å². The van der Waals surface area contributed by atoms with Crippen molar-refractivity contribution in [3.63, 3.8) is 0 Å². The third-order valence-corrected chi connectivity index (χ3v) is 4.70. The van der Waals surface area contributed by atoms with Crippen LogP contribution in [0.2, 0.25) is 5.02 Å². The zero-order valence-electron chi connectivity index (χ0n) is 11.6. The normalized spacial score (nSPS) is 10.8. The highest BCUT2D eigenvalue weighted by Crippen LogP contribution is 2.20. The Kier molecular flexibility index (Phi) is 6.96. The molecule has 0 saturated heterocycles. The van der Waals surface area contributed by atoms with Crippen molar-refractivity contribution < 1.29 is 4.79 Å². The highest BCUT2D eigenvalue weighted by molar-refractivity contribution is 9.10. The summed E-state index contributed by atoms with van der Waals surface area (Å²) >= 11 is 10.9. The molecule has 0 fully saturated rings. The molecule has 1 N–H and O–H groups in total. The first-order valence-electron chi connectivity index (χ1n) is 6.60. The number of rotatable bonds is 6. The van der Waals surface area contributed by atoms with Gasteiger partial charge in [-0.25, -0.2) is 5.43 Å². The number of carbonyl (C=O) groups excluding carboxylic acids is 1. The van der Waals surface area contributed by atoms with E-state index in [1.165, 1.54) is 0 Å². The minimum absolute atomic E-state index is 0.107. The lowest BCUT2D eigenvalue weighted by Crippen LogP contribution is -2.17. The zero-order valence-corrected chi connectivity index (χ0v) is 14.8. The molecule has 0 unspecified atom stereocenters. The first kappa shape index (κ1) is 17.1. The van der Waals surface area contributed by atoms with Crippen molar-refractivity contribution in [2.45, 2.75) is 11.3 Å². The van der Waals surface area contributed by atoms with Gasteiger partial charge in [0.05, 0.1) is 6.21 Å². The molecular formula is C16H14BrClN2OS. The van der Waals surface area contributed by atoms with Crippen LogP contribution in [-0.2, 0) is 4.79 Å². The molecule has 114 valence electrons. The second-order valence-electron chi connectivity index (χ2n) is 4.37. The number of carbonyl (C=O) groups is 1. The molecule has 0 bridgehead atoms. The molecule has 0 atom stereocenters. The van der Waals surface area contributed by atoms with Crippen LogP contribution >= 0.6 is 39.3 Å². The zero-order chi connectivity index (χ0) is 15.8. The Morgan fingerprint density at radius 2 is 1.95 bits per heavy atom. The van der Waals surface area contributed by atoms with Gasteiger partial charge < -0.3 is 0 Å². The first-order valence-corrected chi connectivity index (χ1v) is 8.75. The van der Waals surface area contributed by atoms with E-state index in [1.807, 2.05) is 48.5 Å². The van der Waals surface area contributed by atoms with E-state index >= 15 is 0 Å². The lowest BCUT2D eigenvalue weighted by molar-refractivity contribution is -0.120. The van der Waals surface area contributed by atoms with Gasteiger partial charge in [-0.2, -0.15) is 5.10 Å². The van der Waals surface area contributed by atoms with E-state index < -0.39 is 0 Å². The van der Waals surface area contributed by atoms with Gasteiger partial charge in [-0.05, 0) is 30.3 Å². The fourth-order valence-corrected chi connectivity index (χ4v) is 2.97. The summed E-state index contributed by atoms with van der Waals surface area (Å²) in [4.78, 5) is 12.8. The maximum absolute atomic E-state index is 11.7. The van der Waals surface area contributed by atoms with Crippen LogP contribution in [0.25, 0.3) is 0 Å². The maximum Gasteiger partial charge on any atom is 0.240 e. The third kappa shape index (κ3) is 5.83. The molecule has 22 heavy (non-hydrogen) atoms. The summed E-state index contributed by atoms with van der Waals surface area (Å²) in [6.07, 6.45) is 2.02. The monoisotopic (exact) mass is 396 g/mol. The summed E-state index contributed by atoms with van der Waals surface area (Å²) in [7, 11) is 0. The van der Waals surface area contributed by atoms with E-state index in [4.69, 9.17) is 11.6 Å².